The molecule has 1 saturated heterocycles. The molecule has 3 nitrogen and oxygen atoms in total. The third kappa shape index (κ3) is 4.19. The number of carbonyl (C=O) groups excluding carboxylic acids is 1. The standard InChI is InChI=1S/C12H15ClN2O.ClH/c13-10-4-1-3-9(7-10)12(16)15-8-11-5-2-6-14-11;/h1,3-4,7,11,14H,2,5-6,8H2,(H,15,16);1H. The van der Waals surface area contributed by atoms with E-state index in [1.807, 2.05) is 0 Å². The summed E-state index contributed by atoms with van der Waals surface area (Å²) in [6.45, 7) is 1.74. The van der Waals surface area contributed by atoms with Gasteiger partial charge in [0.05, 0.1) is 0 Å². The van der Waals surface area contributed by atoms with Crippen molar-refractivity contribution in [2.45, 2.75) is 18.9 Å². The van der Waals surface area contributed by atoms with E-state index < -0.39 is 0 Å². The molecule has 1 atom stereocenters. The summed E-state index contributed by atoms with van der Waals surface area (Å²) in [5.74, 6) is -0.0591. The van der Waals surface area contributed by atoms with Crippen molar-refractivity contribution in [2.75, 3.05) is 13.1 Å². The molecule has 2 rings (SSSR count). The Morgan fingerprint density at radius 2 is 2.35 bits per heavy atom. The fraction of sp³-hybridized carbons (Fsp3) is 0.417. The van der Waals surface area contributed by atoms with Gasteiger partial charge in [0.1, 0.15) is 0 Å². The van der Waals surface area contributed by atoms with Crippen molar-refractivity contribution < 1.29 is 4.79 Å². The minimum absolute atomic E-state index is 0. The second-order valence-corrected chi connectivity index (χ2v) is 4.45. The summed E-state index contributed by atoms with van der Waals surface area (Å²) >= 11 is 5.82. The van der Waals surface area contributed by atoms with Gasteiger partial charge >= 0.3 is 0 Å². The maximum absolute atomic E-state index is 11.8. The van der Waals surface area contributed by atoms with Gasteiger partial charge in [-0.2, -0.15) is 0 Å². The molecule has 0 saturated carbocycles. The number of amides is 1. The van der Waals surface area contributed by atoms with Crippen molar-refractivity contribution in [3.8, 4) is 0 Å². The lowest BCUT2D eigenvalue weighted by atomic mass is 10.2. The lowest BCUT2D eigenvalue weighted by Gasteiger charge is -2.11. The van der Waals surface area contributed by atoms with Crippen LogP contribution in [0.5, 0.6) is 0 Å². The number of nitrogens with one attached hydrogen (secondary N) is 2. The minimum Gasteiger partial charge on any atom is -0.350 e. The van der Waals surface area contributed by atoms with Crippen LogP contribution < -0.4 is 10.6 Å². The van der Waals surface area contributed by atoms with Gasteiger partial charge in [0, 0.05) is 23.2 Å². The molecule has 1 heterocycles. The van der Waals surface area contributed by atoms with Gasteiger partial charge in [-0.1, -0.05) is 17.7 Å². The van der Waals surface area contributed by atoms with Crippen molar-refractivity contribution in [2.24, 2.45) is 0 Å². The first-order valence-corrected chi connectivity index (χ1v) is 5.90. The molecule has 1 unspecified atom stereocenters. The summed E-state index contributed by atoms with van der Waals surface area (Å²) in [4.78, 5) is 11.8. The first-order valence-electron chi connectivity index (χ1n) is 5.53. The van der Waals surface area contributed by atoms with Crippen molar-refractivity contribution in [1.29, 1.82) is 0 Å². The Morgan fingerprint density at radius 1 is 1.53 bits per heavy atom. The summed E-state index contributed by atoms with van der Waals surface area (Å²) in [5, 5.41) is 6.83. The van der Waals surface area contributed by atoms with Gasteiger partial charge in [-0.15, -0.1) is 12.4 Å². The summed E-state index contributed by atoms with van der Waals surface area (Å²) in [6, 6.07) is 7.41. The fourth-order valence-corrected chi connectivity index (χ4v) is 2.07. The molecule has 2 N–H and O–H groups in total. The maximum atomic E-state index is 11.8. The highest BCUT2D eigenvalue weighted by molar-refractivity contribution is 6.30. The van der Waals surface area contributed by atoms with Crippen LogP contribution in [0, 0.1) is 0 Å². The van der Waals surface area contributed by atoms with Crippen LogP contribution in [0.3, 0.4) is 0 Å². The smallest absolute Gasteiger partial charge is 0.251 e. The van der Waals surface area contributed by atoms with Gasteiger partial charge in [-0.25, -0.2) is 0 Å². The molecule has 0 radical (unpaired) electrons. The number of hydrogen-bond acceptors (Lipinski definition) is 2. The molecular weight excluding hydrogens is 259 g/mol. The quantitative estimate of drug-likeness (QED) is 0.888. The summed E-state index contributed by atoms with van der Waals surface area (Å²) in [7, 11) is 0. The van der Waals surface area contributed by atoms with E-state index in [2.05, 4.69) is 10.6 Å². The predicted octanol–water partition coefficient (Wildman–Crippen LogP) is 2.24. The molecule has 0 bridgehead atoms. The molecule has 0 spiro atoms. The van der Waals surface area contributed by atoms with E-state index in [0.29, 0.717) is 23.2 Å². The highest BCUT2D eigenvalue weighted by Gasteiger charge is 2.15. The summed E-state index contributed by atoms with van der Waals surface area (Å²) in [5.41, 5.74) is 0.616. The van der Waals surface area contributed by atoms with Crippen molar-refractivity contribution in [1.82, 2.24) is 10.6 Å². The highest BCUT2D eigenvalue weighted by atomic mass is 35.5. The molecular formula is C12H16Cl2N2O. The zero-order chi connectivity index (χ0) is 11.4. The molecule has 1 aliphatic rings. The molecule has 0 aromatic heterocycles. The first kappa shape index (κ1) is 14.3. The van der Waals surface area contributed by atoms with Crippen molar-refractivity contribution >= 4 is 29.9 Å². The topological polar surface area (TPSA) is 41.1 Å². The van der Waals surface area contributed by atoms with Crippen LogP contribution in [0.15, 0.2) is 24.3 Å². The lowest BCUT2D eigenvalue weighted by molar-refractivity contribution is 0.0950. The van der Waals surface area contributed by atoms with Gasteiger partial charge in [-0.3, -0.25) is 4.79 Å². The van der Waals surface area contributed by atoms with E-state index in [9.17, 15) is 4.79 Å². The van der Waals surface area contributed by atoms with Crippen LogP contribution in [0.2, 0.25) is 5.02 Å². The molecule has 1 amide bonds. The molecule has 94 valence electrons. The maximum Gasteiger partial charge on any atom is 0.251 e. The average molecular weight is 275 g/mol. The first-order chi connectivity index (χ1) is 7.75. The Hall–Kier alpha value is -0.770. The molecule has 1 aromatic rings. The second-order valence-electron chi connectivity index (χ2n) is 4.01. The van der Waals surface area contributed by atoms with Gasteiger partial charge in [0.15, 0.2) is 0 Å². The number of hydrogen-bond donors (Lipinski definition) is 2. The van der Waals surface area contributed by atoms with Gasteiger partial charge < -0.3 is 10.6 Å². The zero-order valence-electron chi connectivity index (χ0n) is 9.41. The van der Waals surface area contributed by atoms with Crippen LogP contribution in [-0.2, 0) is 0 Å². The van der Waals surface area contributed by atoms with E-state index in [1.54, 1.807) is 24.3 Å². The number of rotatable bonds is 3. The Kier molecular flexibility index (Phi) is 5.75. The normalized spacial score (nSPS) is 18.5. The van der Waals surface area contributed by atoms with Crippen LogP contribution in [-0.4, -0.2) is 25.0 Å². The van der Waals surface area contributed by atoms with Gasteiger partial charge in [0.25, 0.3) is 5.91 Å². The van der Waals surface area contributed by atoms with E-state index in [0.717, 1.165) is 13.0 Å². The third-order valence-corrected chi connectivity index (χ3v) is 2.99. The second kappa shape index (κ2) is 6.84. The summed E-state index contributed by atoms with van der Waals surface area (Å²) in [6.07, 6.45) is 2.33. The van der Waals surface area contributed by atoms with Crippen molar-refractivity contribution in [3.05, 3.63) is 34.9 Å². The molecule has 17 heavy (non-hydrogen) atoms. The summed E-state index contributed by atoms with van der Waals surface area (Å²) < 4.78 is 0. The van der Waals surface area contributed by atoms with Crippen LogP contribution in [0.25, 0.3) is 0 Å². The zero-order valence-corrected chi connectivity index (χ0v) is 11.0. The Labute approximate surface area is 112 Å². The van der Waals surface area contributed by atoms with E-state index in [1.165, 1.54) is 6.42 Å². The Bertz CT molecular complexity index is 379. The van der Waals surface area contributed by atoms with E-state index in [4.69, 9.17) is 11.6 Å². The van der Waals surface area contributed by atoms with Crippen LogP contribution >= 0.6 is 24.0 Å². The third-order valence-electron chi connectivity index (χ3n) is 2.76. The van der Waals surface area contributed by atoms with E-state index in [-0.39, 0.29) is 18.3 Å². The molecule has 1 aliphatic heterocycles. The number of carbonyl (C=O) groups is 1. The molecule has 1 fully saturated rings. The number of benzene rings is 1. The predicted molar refractivity (Wildman–Crippen MR) is 72.1 cm³/mol. The molecule has 1 aromatic carbocycles. The Morgan fingerprint density at radius 3 is 3.00 bits per heavy atom. The monoisotopic (exact) mass is 274 g/mol. The largest absolute Gasteiger partial charge is 0.350 e. The van der Waals surface area contributed by atoms with E-state index >= 15 is 0 Å². The Balaban J connectivity index is 0.00000144. The fourth-order valence-electron chi connectivity index (χ4n) is 1.88. The van der Waals surface area contributed by atoms with Crippen molar-refractivity contribution in [3.63, 3.8) is 0 Å². The molecule has 5 heteroatoms. The van der Waals surface area contributed by atoms with Gasteiger partial charge in [0.2, 0.25) is 0 Å². The average Bonchev–Trinajstić information content (AvgIpc) is 2.78. The van der Waals surface area contributed by atoms with Crippen LogP contribution in [0.4, 0.5) is 0 Å². The highest BCUT2D eigenvalue weighted by Crippen LogP contribution is 2.10. The van der Waals surface area contributed by atoms with Crippen LogP contribution in [0.1, 0.15) is 23.2 Å². The number of halogens is 2. The minimum atomic E-state index is -0.0591. The SMILES string of the molecule is Cl.O=C(NCC1CCCN1)c1cccc(Cl)c1. The molecule has 0 aliphatic carbocycles. The van der Waals surface area contributed by atoms with Gasteiger partial charge in [-0.05, 0) is 37.6 Å². The lowest BCUT2D eigenvalue weighted by Crippen LogP contribution is -2.37.